The molecule has 92 heavy (non-hydrogen) atoms. The molecule has 0 spiro atoms. The van der Waals surface area contributed by atoms with Crippen LogP contribution in [0.4, 0.5) is 0 Å². The molecule has 0 aliphatic heterocycles. The van der Waals surface area contributed by atoms with Crippen molar-refractivity contribution in [3.8, 4) is 101 Å². The standard InChI is InChI=1S/C86H60N6/c1-3-15-79(75-55-65(25-21-61-29-37-69(38-30-61)81-17-5-9-49-87-81)53-66(56-75)26-22-62-31-39-70(40-32-62)82-18-6-10-50-88-82)77(13-1)73-45-47-85(91-59-73)86-48-46-74(60-92-86)78-14-2-4-16-80(78)76-57-67(27-23-63-33-41-71(42-34-63)83-19-7-11-51-89-83)54-68(58-76)28-24-64-35-43-72(44-36-64)84-20-8-12-52-90-84/h1-60H/b25-21-,26-22?,27-23?,28-24?. The SMILES string of the molecule is C(=Cc1cc(C=Cc2ccc(-c3ccccn3)cc2)cc(-c2ccccc2-c2ccc(-c3ccc(-c4ccccc4-c4cc(C=Cc5ccc(-c6ccccn6)cc5)cc(/C=C\c5ccc(-c6ccccn6)cc5)c4)cn3)nc2)c1)c1ccc(-c2ccccn2)cc1. The zero-order valence-electron chi connectivity index (χ0n) is 50.3. The second kappa shape index (κ2) is 27.3. The van der Waals surface area contributed by atoms with Crippen molar-refractivity contribution in [3.63, 3.8) is 0 Å². The molecule has 0 radical (unpaired) electrons. The smallest absolute Gasteiger partial charge is 0.0886 e. The van der Waals surface area contributed by atoms with Gasteiger partial charge in [-0.2, -0.15) is 0 Å². The normalized spacial score (nSPS) is 11.5. The van der Waals surface area contributed by atoms with Crippen LogP contribution in [-0.2, 0) is 0 Å². The summed E-state index contributed by atoms with van der Waals surface area (Å²) in [6.45, 7) is 0. The Balaban J connectivity index is 0.735. The van der Waals surface area contributed by atoms with Gasteiger partial charge < -0.3 is 0 Å². The third kappa shape index (κ3) is 13.8. The van der Waals surface area contributed by atoms with Crippen LogP contribution in [0, 0.1) is 0 Å². The van der Waals surface area contributed by atoms with E-state index in [-0.39, 0.29) is 0 Å². The molecule has 0 fully saturated rings. The van der Waals surface area contributed by atoms with Crippen LogP contribution in [0.3, 0.4) is 0 Å². The Kier molecular flexibility index (Phi) is 17.1. The van der Waals surface area contributed by atoms with Gasteiger partial charge in [-0.15, -0.1) is 0 Å². The van der Waals surface area contributed by atoms with Crippen molar-refractivity contribution >= 4 is 48.6 Å². The summed E-state index contributed by atoms with van der Waals surface area (Å²) in [6, 6.07) is 97.3. The summed E-state index contributed by atoms with van der Waals surface area (Å²) in [4.78, 5) is 28.3. The molecule has 0 bridgehead atoms. The second-order valence-electron chi connectivity index (χ2n) is 22.4. The van der Waals surface area contributed by atoms with Crippen LogP contribution in [0.5, 0.6) is 0 Å². The highest BCUT2D eigenvalue weighted by Gasteiger charge is 2.14. The van der Waals surface area contributed by atoms with Crippen LogP contribution in [0.15, 0.2) is 316 Å². The Morgan fingerprint density at radius 1 is 0.163 bits per heavy atom. The van der Waals surface area contributed by atoms with Gasteiger partial charge in [0, 0.05) is 70.6 Å². The average Bonchev–Trinajstić information content (AvgIpc) is 1.01. The molecule has 6 heterocycles. The maximum atomic E-state index is 5.06. The van der Waals surface area contributed by atoms with E-state index in [1.54, 1.807) is 0 Å². The first-order valence-corrected chi connectivity index (χ1v) is 30.7. The van der Waals surface area contributed by atoms with E-state index in [1.807, 2.05) is 110 Å². The van der Waals surface area contributed by atoms with Crippen molar-refractivity contribution in [1.29, 1.82) is 0 Å². The highest BCUT2D eigenvalue weighted by molar-refractivity contribution is 5.89. The van der Waals surface area contributed by atoms with Gasteiger partial charge in [0.15, 0.2) is 0 Å². The predicted molar refractivity (Wildman–Crippen MR) is 384 cm³/mol. The van der Waals surface area contributed by atoms with E-state index in [9.17, 15) is 0 Å². The first kappa shape index (κ1) is 57.4. The van der Waals surface area contributed by atoms with Crippen LogP contribution in [0.25, 0.3) is 150 Å². The van der Waals surface area contributed by atoms with E-state index in [1.165, 1.54) is 0 Å². The van der Waals surface area contributed by atoms with Gasteiger partial charge in [-0.05, 0) is 175 Å². The Bertz CT molecular complexity index is 4390. The molecule has 0 saturated carbocycles. The fraction of sp³-hybridized carbons (Fsp3) is 0. The van der Waals surface area contributed by atoms with Crippen LogP contribution in [-0.4, -0.2) is 29.9 Å². The van der Waals surface area contributed by atoms with E-state index < -0.39 is 0 Å². The summed E-state index contributed by atoms with van der Waals surface area (Å²) in [5, 5.41) is 0. The van der Waals surface area contributed by atoms with Gasteiger partial charge in [-0.25, -0.2) is 0 Å². The minimum Gasteiger partial charge on any atom is -0.256 e. The first-order valence-electron chi connectivity index (χ1n) is 30.7. The molecule has 0 aliphatic carbocycles. The lowest BCUT2D eigenvalue weighted by atomic mass is 9.92. The van der Waals surface area contributed by atoms with E-state index in [2.05, 4.69) is 275 Å². The number of hydrogen-bond acceptors (Lipinski definition) is 6. The van der Waals surface area contributed by atoms with Gasteiger partial charge in [0.25, 0.3) is 0 Å². The van der Waals surface area contributed by atoms with E-state index >= 15 is 0 Å². The summed E-state index contributed by atoms with van der Waals surface area (Å²) in [6.07, 6.45) is 28.7. The lowest BCUT2D eigenvalue weighted by molar-refractivity contribution is 1.25. The molecule has 6 nitrogen and oxygen atoms in total. The van der Waals surface area contributed by atoms with Crippen LogP contribution >= 0.6 is 0 Å². The number of aromatic nitrogens is 6. The van der Waals surface area contributed by atoms with Gasteiger partial charge >= 0.3 is 0 Å². The minimum absolute atomic E-state index is 0.792. The number of rotatable bonds is 17. The summed E-state index contributed by atoms with van der Waals surface area (Å²) in [5.41, 5.74) is 27.1. The van der Waals surface area contributed by atoms with Gasteiger partial charge in [-0.1, -0.05) is 231 Å². The summed E-state index contributed by atoms with van der Waals surface area (Å²) in [5.74, 6) is 0. The van der Waals surface area contributed by atoms with Crippen molar-refractivity contribution in [1.82, 2.24) is 29.9 Å². The minimum atomic E-state index is 0.792. The van der Waals surface area contributed by atoms with Crippen molar-refractivity contribution in [2.24, 2.45) is 0 Å². The predicted octanol–water partition coefficient (Wildman–Crippen LogP) is 21.7. The molecule has 6 heteroatoms. The number of pyridine rings is 6. The van der Waals surface area contributed by atoms with E-state index in [0.717, 1.165) is 145 Å². The highest BCUT2D eigenvalue weighted by Crippen LogP contribution is 2.37. The first-order chi connectivity index (χ1) is 45.5. The molecule has 14 aromatic rings. The molecule has 6 aromatic heterocycles. The molecule has 0 saturated heterocycles. The van der Waals surface area contributed by atoms with Gasteiger partial charge in [0.2, 0.25) is 0 Å². The fourth-order valence-corrected chi connectivity index (χ4v) is 11.4. The molecule has 434 valence electrons. The van der Waals surface area contributed by atoms with Gasteiger partial charge in [0.1, 0.15) is 0 Å². The lowest BCUT2D eigenvalue weighted by Gasteiger charge is -2.13. The zero-order valence-corrected chi connectivity index (χ0v) is 50.3. The van der Waals surface area contributed by atoms with Crippen molar-refractivity contribution in [2.75, 3.05) is 0 Å². The second-order valence-corrected chi connectivity index (χ2v) is 22.4. The van der Waals surface area contributed by atoms with Crippen molar-refractivity contribution in [2.45, 2.75) is 0 Å². The molecule has 0 aliphatic rings. The topological polar surface area (TPSA) is 77.3 Å². The van der Waals surface area contributed by atoms with Crippen molar-refractivity contribution < 1.29 is 0 Å². The monoisotopic (exact) mass is 1180 g/mol. The molecular formula is C86H60N6. The number of benzene rings is 8. The number of hydrogen-bond donors (Lipinski definition) is 0. The molecule has 0 amide bonds. The lowest BCUT2D eigenvalue weighted by Crippen LogP contribution is -1.92. The summed E-state index contributed by atoms with van der Waals surface area (Å²) >= 11 is 0. The Labute approximate surface area is 537 Å². The zero-order chi connectivity index (χ0) is 61.7. The summed E-state index contributed by atoms with van der Waals surface area (Å²) in [7, 11) is 0. The van der Waals surface area contributed by atoms with E-state index in [0.29, 0.717) is 0 Å². The maximum absolute atomic E-state index is 5.06. The summed E-state index contributed by atoms with van der Waals surface area (Å²) < 4.78 is 0. The largest absolute Gasteiger partial charge is 0.256 e. The molecule has 8 aromatic carbocycles. The quantitative estimate of drug-likeness (QED) is 0.0846. The van der Waals surface area contributed by atoms with Crippen molar-refractivity contribution in [3.05, 3.63) is 361 Å². The number of nitrogens with zero attached hydrogens (tertiary/aromatic N) is 6. The molecule has 0 unspecified atom stereocenters. The maximum Gasteiger partial charge on any atom is 0.0886 e. The Morgan fingerprint density at radius 3 is 0.641 bits per heavy atom. The van der Waals surface area contributed by atoms with Crippen LogP contribution in [0.2, 0.25) is 0 Å². The third-order valence-corrected chi connectivity index (χ3v) is 16.2. The fourth-order valence-electron chi connectivity index (χ4n) is 11.4. The molecular weight excluding hydrogens is 1120 g/mol. The average molecular weight is 1180 g/mol. The molecule has 0 atom stereocenters. The molecule has 14 rings (SSSR count). The highest BCUT2D eigenvalue weighted by atomic mass is 14.8. The Hall–Kier alpha value is -12.4. The third-order valence-electron chi connectivity index (χ3n) is 16.2. The van der Waals surface area contributed by atoms with Gasteiger partial charge in [-0.3, -0.25) is 29.9 Å². The molecule has 0 N–H and O–H groups in total. The Morgan fingerprint density at radius 2 is 0.402 bits per heavy atom. The van der Waals surface area contributed by atoms with Crippen LogP contribution in [0.1, 0.15) is 44.5 Å². The van der Waals surface area contributed by atoms with E-state index in [4.69, 9.17) is 9.97 Å². The van der Waals surface area contributed by atoms with Gasteiger partial charge in [0.05, 0.1) is 34.2 Å². The van der Waals surface area contributed by atoms with Crippen LogP contribution < -0.4 is 0 Å².